The number of methoxy groups -OCH3 is 1. The number of nitrogens with one attached hydrogen (secondary N) is 1. The van der Waals surface area contributed by atoms with E-state index < -0.39 is 11.6 Å². The van der Waals surface area contributed by atoms with Gasteiger partial charge in [0, 0.05) is 25.4 Å². The maximum atomic E-state index is 13.6. The molecule has 0 aliphatic carbocycles. The summed E-state index contributed by atoms with van der Waals surface area (Å²) in [7, 11) is 1.65. The van der Waals surface area contributed by atoms with Crippen molar-refractivity contribution < 1.29 is 18.3 Å². The number of nitrogens with zero attached hydrogens (tertiary/aromatic N) is 3. The maximum absolute atomic E-state index is 13.6. The molecule has 0 amide bonds. The van der Waals surface area contributed by atoms with Crippen LogP contribution in [0.1, 0.15) is 5.56 Å². The normalized spacial score (nSPS) is 15.7. The highest BCUT2D eigenvalue weighted by atomic mass is 19.2. The van der Waals surface area contributed by atoms with E-state index in [1.54, 1.807) is 7.11 Å². The Kier molecular flexibility index (Phi) is 4.78. The second kappa shape index (κ2) is 7.63. The monoisotopic (exact) mass is 422 g/mol. The van der Waals surface area contributed by atoms with Gasteiger partial charge in [-0.1, -0.05) is 12.1 Å². The molecule has 1 atom stereocenters. The number of ether oxygens (including phenoxy) is 2. The van der Waals surface area contributed by atoms with Crippen LogP contribution in [0.2, 0.25) is 0 Å². The quantitative estimate of drug-likeness (QED) is 0.514. The van der Waals surface area contributed by atoms with Crippen LogP contribution >= 0.6 is 0 Å². The third-order valence-corrected chi connectivity index (χ3v) is 5.32. The number of rotatable bonds is 4. The number of aromatic nitrogens is 3. The molecule has 5 rings (SSSR count). The summed E-state index contributed by atoms with van der Waals surface area (Å²) in [6, 6.07) is 11.8. The van der Waals surface area contributed by atoms with Crippen LogP contribution in [0.25, 0.3) is 22.4 Å². The van der Waals surface area contributed by atoms with E-state index in [0.29, 0.717) is 41.4 Å². The maximum Gasteiger partial charge on any atom is 0.161 e. The topological polar surface area (TPSA) is 63.3 Å². The fourth-order valence-electron chi connectivity index (χ4n) is 3.86. The van der Waals surface area contributed by atoms with E-state index in [2.05, 4.69) is 19.9 Å². The lowest BCUT2D eigenvalue weighted by molar-refractivity contribution is 0.146. The van der Waals surface area contributed by atoms with Crippen molar-refractivity contribution in [1.29, 1.82) is 0 Å². The zero-order valence-corrected chi connectivity index (χ0v) is 17.0. The molecule has 6 nitrogen and oxygen atoms in total. The molecule has 1 N–H and O–H groups in total. The van der Waals surface area contributed by atoms with Crippen LogP contribution in [0.5, 0.6) is 5.75 Å². The van der Waals surface area contributed by atoms with Gasteiger partial charge in [-0.15, -0.1) is 0 Å². The van der Waals surface area contributed by atoms with E-state index in [1.165, 1.54) is 0 Å². The largest absolute Gasteiger partial charge is 0.488 e. The minimum Gasteiger partial charge on any atom is -0.488 e. The molecule has 4 aromatic rings. The smallest absolute Gasteiger partial charge is 0.161 e. The standard InChI is InChI=1S/C23H20F2N4O2/c1-13-6-7-21(26-10-13)29-14(11-30-2)12-31-22-15(4-3-5-20(22)29)23-27-18-8-16(24)17(25)9-19(18)28-23/h3-10,14H,11-12H2,1-2H3,(H,27,28). The number of aryl methyl sites for hydroxylation is 1. The van der Waals surface area contributed by atoms with E-state index in [0.717, 1.165) is 29.2 Å². The number of anilines is 2. The predicted molar refractivity (Wildman–Crippen MR) is 114 cm³/mol. The minimum atomic E-state index is -0.934. The van der Waals surface area contributed by atoms with Crippen LogP contribution in [0, 0.1) is 18.6 Å². The lowest BCUT2D eigenvalue weighted by Gasteiger charge is -2.38. The first-order chi connectivity index (χ1) is 15.0. The van der Waals surface area contributed by atoms with Gasteiger partial charge in [0.15, 0.2) is 17.4 Å². The van der Waals surface area contributed by atoms with Crippen molar-refractivity contribution in [3.63, 3.8) is 0 Å². The van der Waals surface area contributed by atoms with Gasteiger partial charge >= 0.3 is 0 Å². The van der Waals surface area contributed by atoms with Crippen molar-refractivity contribution in [2.45, 2.75) is 13.0 Å². The van der Waals surface area contributed by atoms with Gasteiger partial charge in [0.05, 0.1) is 34.9 Å². The number of fused-ring (bicyclic) bond motifs is 2. The van der Waals surface area contributed by atoms with Crippen LogP contribution in [0.15, 0.2) is 48.7 Å². The van der Waals surface area contributed by atoms with Crippen molar-refractivity contribution >= 4 is 22.5 Å². The van der Waals surface area contributed by atoms with Gasteiger partial charge in [-0.25, -0.2) is 18.7 Å². The number of aromatic amines is 1. The predicted octanol–water partition coefficient (Wildman–Crippen LogP) is 4.76. The van der Waals surface area contributed by atoms with Crippen LogP contribution in [0.3, 0.4) is 0 Å². The SMILES string of the molecule is COCC1COc2c(-c3nc4cc(F)c(F)cc4[nH]3)cccc2N1c1ccc(C)cn1. The van der Waals surface area contributed by atoms with Gasteiger partial charge in [0.25, 0.3) is 0 Å². The molecule has 0 saturated carbocycles. The average molecular weight is 422 g/mol. The molecule has 158 valence electrons. The molecule has 1 aliphatic heterocycles. The summed E-state index contributed by atoms with van der Waals surface area (Å²) in [5.74, 6) is 0.0168. The molecule has 2 aromatic heterocycles. The molecule has 0 saturated heterocycles. The third kappa shape index (κ3) is 3.38. The summed E-state index contributed by atoms with van der Waals surface area (Å²) >= 11 is 0. The highest BCUT2D eigenvalue weighted by Crippen LogP contribution is 2.44. The first kappa shape index (κ1) is 19.4. The first-order valence-electron chi connectivity index (χ1n) is 9.87. The summed E-state index contributed by atoms with van der Waals surface area (Å²) in [4.78, 5) is 14.2. The Bertz CT molecular complexity index is 1220. The second-order valence-electron chi connectivity index (χ2n) is 7.51. The zero-order chi connectivity index (χ0) is 21.5. The highest BCUT2D eigenvalue weighted by Gasteiger charge is 2.32. The van der Waals surface area contributed by atoms with Crippen molar-refractivity contribution in [2.75, 3.05) is 25.2 Å². The highest BCUT2D eigenvalue weighted by molar-refractivity contribution is 5.85. The van der Waals surface area contributed by atoms with Crippen molar-refractivity contribution in [2.24, 2.45) is 0 Å². The Morgan fingerprint density at radius 2 is 2.03 bits per heavy atom. The van der Waals surface area contributed by atoms with E-state index in [9.17, 15) is 8.78 Å². The number of halogens is 2. The molecule has 0 bridgehead atoms. The number of imidazole rings is 1. The Hall–Kier alpha value is -3.52. The number of hydrogen-bond acceptors (Lipinski definition) is 5. The molecular weight excluding hydrogens is 402 g/mol. The summed E-state index contributed by atoms with van der Waals surface area (Å²) in [6.07, 6.45) is 1.82. The molecule has 31 heavy (non-hydrogen) atoms. The second-order valence-corrected chi connectivity index (χ2v) is 7.51. The molecule has 3 heterocycles. The molecule has 0 radical (unpaired) electrons. The first-order valence-corrected chi connectivity index (χ1v) is 9.87. The van der Waals surface area contributed by atoms with Crippen LogP contribution in [-0.4, -0.2) is 41.3 Å². The van der Waals surface area contributed by atoms with E-state index in [1.807, 2.05) is 43.5 Å². The summed E-state index contributed by atoms with van der Waals surface area (Å²) < 4.78 is 38.8. The zero-order valence-electron chi connectivity index (χ0n) is 17.0. The number of para-hydroxylation sites is 1. The van der Waals surface area contributed by atoms with Gasteiger partial charge in [-0.2, -0.15) is 0 Å². The lowest BCUT2D eigenvalue weighted by atomic mass is 10.1. The summed E-state index contributed by atoms with van der Waals surface area (Å²) in [5, 5.41) is 0. The van der Waals surface area contributed by atoms with Crippen LogP contribution in [0.4, 0.5) is 20.3 Å². The summed E-state index contributed by atoms with van der Waals surface area (Å²) in [5.41, 5.74) is 3.34. The Morgan fingerprint density at radius 3 is 2.81 bits per heavy atom. The molecule has 2 aromatic carbocycles. The van der Waals surface area contributed by atoms with E-state index in [-0.39, 0.29) is 6.04 Å². The Labute approximate surface area is 177 Å². The molecule has 8 heteroatoms. The molecule has 0 spiro atoms. The number of H-pyrrole nitrogens is 1. The van der Waals surface area contributed by atoms with Gasteiger partial charge in [0.2, 0.25) is 0 Å². The molecule has 0 fully saturated rings. The molecule has 1 aliphatic rings. The van der Waals surface area contributed by atoms with E-state index >= 15 is 0 Å². The van der Waals surface area contributed by atoms with Gasteiger partial charge in [-0.3, -0.25) is 0 Å². The van der Waals surface area contributed by atoms with E-state index in [4.69, 9.17) is 9.47 Å². The van der Waals surface area contributed by atoms with Crippen molar-refractivity contribution in [3.05, 3.63) is 65.9 Å². The number of pyridine rings is 1. The molecular formula is C23H20F2N4O2. The number of hydrogen-bond donors (Lipinski definition) is 1. The fraction of sp³-hybridized carbons (Fsp3) is 0.217. The molecule has 1 unspecified atom stereocenters. The lowest BCUT2D eigenvalue weighted by Crippen LogP contribution is -2.43. The number of benzene rings is 2. The Balaban J connectivity index is 1.64. The fourth-order valence-corrected chi connectivity index (χ4v) is 3.86. The van der Waals surface area contributed by atoms with Crippen molar-refractivity contribution in [3.8, 4) is 17.1 Å². The van der Waals surface area contributed by atoms with Gasteiger partial charge in [0.1, 0.15) is 18.2 Å². The van der Waals surface area contributed by atoms with Gasteiger partial charge in [-0.05, 0) is 30.7 Å². The average Bonchev–Trinajstić information content (AvgIpc) is 3.17. The van der Waals surface area contributed by atoms with Gasteiger partial charge < -0.3 is 19.4 Å². The Morgan fingerprint density at radius 1 is 1.19 bits per heavy atom. The minimum absolute atomic E-state index is 0.0678. The summed E-state index contributed by atoms with van der Waals surface area (Å²) in [6.45, 7) is 2.83. The van der Waals surface area contributed by atoms with Crippen LogP contribution in [-0.2, 0) is 4.74 Å². The van der Waals surface area contributed by atoms with Crippen LogP contribution < -0.4 is 9.64 Å². The van der Waals surface area contributed by atoms with Crippen molar-refractivity contribution in [1.82, 2.24) is 15.0 Å². The third-order valence-electron chi connectivity index (χ3n) is 5.32.